The number of carbonyl (C=O) groups is 1. The molecule has 2 heterocycles. The summed E-state index contributed by atoms with van der Waals surface area (Å²) in [6.07, 6.45) is 1.97. The van der Waals surface area contributed by atoms with Gasteiger partial charge in [-0.3, -0.25) is 0 Å². The zero-order chi connectivity index (χ0) is 22.9. The van der Waals surface area contributed by atoms with Gasteiger partial charge in [-0.05, 0) is 70.7 Å². The van der Waals surface area contributed by atoms with Crippen molar-refractivity contribution < 1.29 is 27.9 Å². The van der Waals surface area contributed by atoms with Crippen molar-refractivity contribution in [3.05, 3.63) is 23.8 Å². The molecule has 0 bridgehead atoms. The second-order valence-corrected chi connectivity index (χ2v) is 9.20. The fourth-order valence-corrected chi connectivity index (χ4v) is 3.00. The monoisotopic (exact) mass is 443 g/mol. The quantitative estimate of drug-likeness (QED) is 0.525. The van der Waals surface area contributed by atoms with E-state index in [0.29, 0.717) is 40.1 Å². The van der Waals surface area contributed by atoms with Gasteiger partial charge in [0.15, 0.2) is 5.58 Å². The highest BCUT2D eigenvalue weighted by Gasteiger charge is 2.23. The van der Waals surface area contributed by atoms with Gasteiger partial charge in [0, 0.05) is 6.07 Å². The van der Waals surface area contributed by atoms with Gasteiger partial charge in [0.05, 0.1) is 18.2 Å². The fourth-order valence-electron chi connectivity index (χ4n) is 3.00. The van der Waals surface area contributed by atoms with Gasteiger partial charge >= 0.3 is 6.09 Å². The van der Waals surface area contributed by atoms with E-state index in [-0.39, 0.29) is 12.6 Å². The third-order valence-corrected chi connectivity index (χ3v) is 4.85. The maximum atomic E-state index is 11.9. The van der Waals surface area contributed by atoms with E-state index in [1.807, 2.05) is 52.8 Å². The summed E-state index contributed by atoms with van der Waals surface area (Å²) < 4.78 is 28.1. The Kier molecular flexibility index (Phi) is 5.99. The highest BCUT2D eigenvalue weighted by Crippen LogP contribution is 2.33. The normalized spacial score (nSPS) is 14.9. The van der Waals surface area contributed by atoms with Crippen LogP contribution in [0.5, 0.6) is 11.6 Å². The Hall–Kier alpha value is -3.23. The van der Waals surface area contributed by atoms with E-state index in [9.17, 15) is 4.79 Å². The zero-order valence-corrected chi connectivity index (χ0v) is 19.1. The Morgan fingerprint density at radius 2 is 2.06 bits per heavy atom. The molecule has 9 heteroatoms. The molecule has 1 saturated carbocycles. The minimum absolute atomic E-state index is 0.196. The molecule has 0 radical (unpaired) electrons. The zero-order valence-electron chi connectivity index (χ0n) is 19.1. The van der Waals surface area contributed by atoms with Crippen LogP contribution < -0.4 is 14.8 Å². The van der Waals surface area contributed by atoms with E-state index in [4.69, 9.17) is 23.2 Å². The summed E-state index contributed by atoms with van der Waals surface area (Å²) in [6.45, 7) is 9.97. The van der Waals surface area contributed by atoms with Gasteiger partial charge in [-0.1, -0.05) is 0 Å². The lowest BCUT2D eigenvalue weighted by Gasteiger charge is -2.21. The van der Waals surface area contributed by atoms with Gasteiger partial charge in [0.2, 0.25) is 5.76 Å². The number of ether oxygens (including phenoxy) is 3. The third-order valence-electron chi connectivity index (χ3n) is 4.85. The van der Waals surface area contributed by atoms with Gasteiger partial charge in [0.1, 0.15) is 23.5 Å². The van der Waals surface area contributed by atoms with E-state index < -0.39 is 11.7 Å². The Morgan fingerprint density at radius 1 is 1.28 bits per heavy atom. The first-order chi connectivity index (χ1) is 15.2. The number of amides is 1. The summed E-state index contributed by atoms with van der Waals surface area (Å²) in [5, 5.41) is 6.70. The molecule has 1 aliphatic carbocycles. The molecular weight excluding hydrogens is 414 g/mol. The van der Waals surface area contributed by atoms with E-state index in [0.717, 1.165) is 12.4 Å². The molecule has 32 heavy (non-hydrogen) atoms. The number of aromatic nitrogens is 2. The highest BCUT2D eigenvalue weighted by atomic mass is 16.6. The van der Waals surface area contributed by atoms with Gasteiger partial charge in [0.25, 0.3) is 11.8 Å². The van der Waals surface area contributed by atoms with Crippen molar-refractivity contribution in [2.75, 3.05) is 13.2 Å². The minimum atomic E-state index is -0.564. The van der Waals surface area contributed by atoms with Crippen LogP contribution >= 0.6 is 0 Å². The van der Waals surface area contributed by atoms with Crippen molar-refractivity contribution >= 4 is 17.2 Å². The second kappa shape index (κ2) is 8.72. The Bertz CT molecular complexity index is 1090. The number of fused-ring (bicyclic) bond motifs is 1. The second-order valence-electron chi connectivity index (χ2n) is 9.20. The molecule has 1 aliphatic rings. The van der Waals surface area contributed by atoms with E-state index in [1.165, 1.54) is 12.8 Å². The summed E-state index contributed by atoms with van der Waals surface area (Å²) in [5.41, 5.74) is 1.41. The molecule has 1 fully saturated rings. The van der Waals surface area contributed by atoms with Crippen LogP contribution in [0.3, 0.4) is 0 Å². The van der Waals surface area contributed by atoms with Crippen LogP contribution in [-0.4, -0.2) is 41.1 Å². The molecule has 0 saturated heterocycles. The number of carbonyl (C=O) groups excluding carboxylic acids is 1. The first-order valence-corrected chi connectivity index (χ1v) is 10.8. The lowest BCUT2D eigenvalue weighted by molar-refractivity contribution is 0.0492. The third kappa shape index (κ3) is 5.52. The Balaban J connectivity index is 1.38. The average Bonchev–Trinajstić information content (AvgIpc) is 3.32. The maximum Gasteiger partial charge on any atom is 0.407 e. The number of rotatable bonds is 8. The number of benzene rings is 1. The largest absolute Gasteiger partial charge is 0.493 e. The molecule has 1 N–H and O–H groups in total. The summed E-state index contributed by atoms with van der Waals surface area (Å²) in [5.74, 6) is 2.46. The first kappa shape index (κ1) is 22.0. The maximum absolute atomic E-state index is 11.9. The summed E-state index contributed by atoms with van der Waals surface area (Å²) in [7, 11) is 0. The molecule has 0 unspecified atom stereocenters. The summed E-state index contributed by atoms with van der Waals surface area (Å²) >= 11 is 0. The molecule has 1 aromatic carbocycles. The first-order valence-electron chi connectivity index (χ1n) is 10.8. The van der Waals surface area contributed by atoms with Gasteiger partial charge in [-0.15, -0.1) is 0 Å². The minimum Gasteiger partial charge on any atom is -0.493 e. The van der Waals surface area contributed by atoms with Crippen molar-refractivity contribution in [1.82, 2.24) is 15.5 Å². The lowest BCUT2D eigenvalue weighted by Crippen LogP contribution is -2.40. The van der Waals surface area contributed by atoms with E-state index in [2.05, 4.69) is 15.5 Å². The van der Waals surface area contributed by atoms with Crippen LogP contribution in [0.2, 0.25) is 0 Å². The Labute approximate surface area is 186 Å². The van der Waals surface area contributed by atoms with E-state index >= 15 is 0 Å². The number of alkyl carbamates (subject to hydrolysis) is 1. The highest BCUT2D eigenvalue weighted by molar-refractivity contribution is 5.77. The van der Waals surface area contributed by atoms with Crippen molar-refractivity contribution in [2.24, 2.45) is 5.92 Å². The number of hydrogen-bond donors (Lipinski definition) is 1. The smallest absolute Gasteiger partial charge is 0.407 e. The lowest BCUT2D eigenvalue weighted by atomic mass is 10.2. The van der Waals surface area contributed by atoms with Crippen molar-refractivity contribution in [1.29, 1.82) is 0 Å². The van der Waals surface area contributed by atoms with Crippen molar-refractivity contribution in [3.63, 3.8) is 0 Å². The fraction of sp³-hybridized carbons (Fsp3) is 0.522. The van der Waals surface area contributed by atoms with Crippen molar-refractivity contribution in [2.45, 2.75) is 59.1 Å². The van der Waals surface area contributed by atoms with Gasteiger partial charge in [-0.25, -0.2) is 9.78 Å². The summed E-state index contributed by atoms with van der Waals surface area (Å²) in [6, 6.07) is 5.29. The molecule has 0 aliphatic heterocycles. The predicted octanol–water partition coefficient (Wildman–Crippen LogP) is 4.87. The molecule has 4 rings (SSSR count). The summed E-state index contributed by atoms with van der Waals surface area (Å²) in [4.78, 5) is 16.4. The molecule has 172 valence electrons. The topological polar surface area (TPSA) is 109 Å². The molecule has 3 aromatic rings. The molecule has 2 aromatic heterocycles. The number of hydrogen-bond acceptors (Lipinski definition) is 8. The number of nitrogens with zero attached hydrogens (tertiary/aromatic N) is 2. The number of oxazole rings is 1. The molecule has 1 atom stereocenters. The standard InChI is InChI=1S/C23H29N3O6/c1-13(24-22(27)31-23(3,4)5)11-29-20-14(2)19(32-26-20)21-25-17-9-8-16(10-18(17)30-21)28-12-15-6-7-15/h8-10,13,15H,6-7,11-12H2,1-5H3,(H,24,27)/t13-/m0/s1. The van der Waals surface area contributed by atoms with E-state index in [1.54, 1.807) is 0 Å². The van der Waals surface area contributed by atoms with Crippen LogP contribution in [0.4, 0.5) is 4.79 Å². The van der Waals surface area contributed by atoms with Crippen LogP contribution in [0.25, 0.3) is 22.8 Å². The number of nitrogens with one attached hydrogen (secondary N) is 1. The molecule has 1 amide bonds. The van der Waals surface area contributed by atoms with Crippen LogP contribution in [-0.2, 0) is 4.74 Å². The predicted molar refractivity (Wildman–Crippen MR) is 117 cm³/mol. The molecule has 9 nitrogen and oxygen atoms in total. The molecule has 0 spiro atoms. The average molecular weight is 444 g/mol. The Morgan fingerprint density at radius 3 is 2.78 bits per heavy atom. The van der Waals surface area contributed by atoms with Crippen LogP contribution in [0.1, 0.15) is 46.1 Å². The van der Waals surface area contributed by atoms with Gasteiger partial charge < -0.3 is 28.5 Å². The molecular formula is C23H29N3O6. The van der Waals surface area contributed by atoms with Gasteiger partial charge in [-0.2, -0.15) is 0 Å². The van der Waals surface area contributed by atoms with Crippen molar-refractivity contribution in [3.8, 4) is 23.3 Å². The van der Waals surface area contributed by atoms with Crippen LogP contribution in [0.15, 0.2) is 27.1 Å². The SMILES string of the molecule is Cc1c(OC[C@H](C)NC(=O)OC(C)(C)C)noc1-c1nc2ccc(OCC3CC3)cc2o1. The van der Waals surface area contributed by atoms with Crippen LogP contribution in [0, 0.1) is 12.8 Å².